The number of halogens is 5. The molecular weight excluding hydrogens is 526 g/mol. The van der Waals surface area contributed by atoms with Crippen molar-refractivity contribution in [3.05, 3.63) is 0 Å². The van der Waals surface area contributed by atoms with Gasteiger partial charge in [0, 0.05) is 13.1 Å². The Balaban J connectivity index is 2.34. The third kappa shape index (κ3) is 7.23. The van der Waals surface area contributed by atoms with Crippen LogP contribution in [-0.4, -0.2) is 83.0 Å². The summed E-state index contributed by atoms with van der Waals surface area (Å²) < 4.78 is 52.5. The lowest BCUT2D eigenvalue weighted by molar-refractivity contribution is -0.176. The average Bonchev–Trinajstić information content (AvgIpc) is 3.30. The van der Waals surface area contributed by atoms with Crippen LogP contribution in [0.1, 0.15) is 47.5 Å². The van der Waals surface area contributed by atoms with E-state index in [1.54, 1.807) is 19.2 Å². The largest absolute Gasteiger partial charge is 0.471 e. The molecule has 2 aliphatic heterocycles. The zero-order chi connectivity index (χ0) is 28.5. The molecule has 0 radical (unpaired) electrons. The molecule has 5 amide bonds. The monoisotopic (exact) mass is 557 g/mol. The first-order valence-corrected chi connectivity index (χ1v) is 12.1. The van der Waals surface area contributed by atoms with E-state index in [4.69, 9.17) is 11.6 Å². The second-order valence-electron chi connectivity index (χ2n) is 10.9. The van der Waals surface area contributed by atoms with Crippen LogP contribution in [-0.2, 0) is 24.0 Å². The van der Waals surface area contributed by atoms with Crippen LogP contribution in [0.3, 0.4) is 0 Å². The Morgan fingerprint density at radius 1 is 1.22 bits per heavy atom. The minimum absolute atomic E-state index is 0.0292. The lowest BCUT2D eigenvalue weighted by atomic mass is 9.83. The van der Waals surface area contributed by atoms with Gasteiger partial charge in [-0.05, 0) is 23.7 Å². The minimum Gasteiger partial charge on any atom is -0.356 e. The van der Waals surface area contributed by atoms with Crippen molar-refractivity contribution in [1.29, 1.82) is 0 Å². The Morgan fingerprint density at radius 3 is 2.27 bits per heavy atom. The highest BCUT2D eigenvalue weighted by molar-refractivity contribution is 6.29. The standard InChI is InChI=1S/C22H32ClF4N5O5/c1-20(2,3)12(29-19(37)22(25,26)27)17(35)31-9-7-21(4,5)13(31)16(34)30-32(18(36)14(23)24)10-11-6-8-28-15(11)33/h11-14H,6-10H2,1-5H3,(H,28,33)(H,29,37)(H,30,34)/t11-,12+,13+,14?/m0/s1. The van der Waals surface area contributed by atoms with E-state index in [-0.39, 0.29) is 19.5 Å². The van der Waals surface area contributed by atoms with Crippen molar-refractivity contribution in [2.45, 2.75) is 71.4 Å². The van der Waals surface area contributed by atoms with Crippen LogP contribution in [0.4, 0.5) is 17.6 Å². The van der Waals surface area contributed by atoms with E-state index in [1.807, 2.05) is 0 Å². The Kier molecular flexibility index (Phi) is 9.09. The molecule has 0 bridgehead atoms. The van der Waals surface area contributed by atoms with Gasteiger partial charge < -0.3 is 15.5 Å². The molecule has 0 aromatic rings. The normalized spacial score (nSPS) is 23.2. The number of alkyl halides is 5. The van der Waals surface area contributed by atoms with Gasteiger partial charge in [0.05, 0.1) is 12.5 Å². The van der Waals surface area contributed by atoms with E-state index in [1.165, 1.54) is 20.8 Å². The third-order valence-corrected chi connectivity index (χ3v) is 6.68. The molecule has 2 heterocycles. The summed E-state index contributed by atoms with van der Waals surface area (Å²) in [5.41, 5.74) is -2.35. The molecule has 37 heavy (non-hydrogen) atoms. The molecule has 0 aromatic carbocycles. The topological polar surface area (TPSA) is 128 Å². The molecule has 3 N–H and O–H groups in total. The number of amides is 5. The minimum atomic E-state index is -5.23. The van der Waals surface area contributed by atoms with Gasteiger partial charge in [-0.1, -0.05) is 46.2 Å². The molecule has 210 valence electrons. The molecule has 0 aromatic heterocycles. The Hall–Kier alpha value is -2.64. The average molecular weight is 558 g/mol. The fourth-order valence-corrected chi connectivity index (χ4v) is 4.52. The van der Waals surface area contributed by atoms with Gasteiger partial charge in [0.25, 0.3) is 17.4 Å². The van der Waals surface area contributed by atoms with Gasteiger partial charge in [0.2, 0.25) is 11.8 Å². The molecule has 2 aliphatic rings. The van der Waals surface area contributed by atoms with E-state index in [0.717, 1.165) is 4.90 Å². The maximum atomic E-state index is 13.7. The third-order valence-electron chi connectivity index (χ3n) is 6.49. The van der Waals surface area contributed by atoms with Crippen molar-refractivity contribution < 1.29 is 41.5 Å². The molecule has 4 atom stereocenters. The van der Waals surface area contributed by atoms with Crippen molar-refractivity contribution in [3.8, 4) is 0 Å². The molecule has 0 saturated carbocycles. The van der Waals surface area contributed by atoms with E-state index < -0.39 is 70.2 Å². The molecule has 0 spiro atoms. The molecule has 2 fully saturated rings. The number of hydrogen-bond donors (Lipinski definition) is 3. The summed E-state index contributed by atoms with van der Waals surface area (Å²) in [4.78, 5) is 63.9. The van der Waals surface area contributed by atoms with Crippen LogP contribution in [0, 0.1) is 16.7 Å². The van der Waals surface area contributed by atoms with Gasteiger partial charge in [-0.3, -0.25) is 29.4 Å². The van der Waals surface area contributed by atoms with Crippen molar-refractivity contribution >= 4 is 41.1 Å². The summed E-state index contributed by atoms with van der Waals surface area (Å²) in [7, 11) is 0. The molecule has 2 saturated heterocycles. The summed E-state index contributed by atoms with van der Waals surface area (Å²) in [5.74, 6) is -6.61. The van der Waals surface area contributed by atoms with Crippen LogP contribution in [0.2, 0.25) is 0 Å². The second kappa shape index (κ2) is 11.0. The first kappa shape index (κ1) is 30.6. The van der Waals surface area contributed by atoms with Crippen LogP contribution >= 0.6 is 11.6 Å². The van der Waals surface area contributed by atoms with Crippen LogP contribution in [0.15, 0.2) is 0 Å². The van der Waals surface area contributed by atoms with Gasteiger partial charge in [-0.25, -0.2) is 9.40 Å². The van der Waals surface area contributed by atoms with Gasteiger partial charge >= 0.3 is 12.1 Å². The number of carbonyl (C=O) groups excluding carboxylic acids is 5. The number of hydrogen-bond acceptors (Lipinski definition) is 5. The quantitative estimate of drug-likeness (QED) is 0.257. The van der Waals surface area contributed by atoms with Gasteiger partial charge in [-0.2, -0.15) is 13.2 Å². The van der Waals surface area contributed by atoms with E-state index in [9.17, 15) is 41.5 Å². The van der Waals surface area contributed by atoms with Crippen molar-refractivity contribution in [3.63, 3.8) is 0 Å². The van der Waals surface area contributed by atoms with Gasteiger partial charge in [0.1, 0.15) is 12.1 Å². The van der Waals surface area contributed by atoms with Crippen molar-refractivity contribution in [2.75, 3.05) is 19.6 Å². The van der Waals surface area contributed by atoms with E-state index in [2.05, 4.69) is 10.7 Å². The number of rotatable bonds is 6. The van der Waals surface area contributed by atoms with Crippen LogP contribution in [0.5, 0.6) is 0 Å². The van der Waals surface area contributed by atoms with E-state index >= 15 is 0 Å². The lowest BCUT2D eigenvalue weighted by Crippen LogP contribution is -2.62. The maximum absolute atomic E-state index is 13.7. The number of hydrazine groups is 1. The summed E-state index contributed by atoms with van der Waals surface area (Å²) >= 11 is 5.29. The Morgan fingerprint density at radius 2 is 1.81 bits per heavy atom. The molecule has 15 heteroatoms. The van der Waals surface area contributed by atoms with Gasteiger partial charge in [-0.15, -0.1) is 0 Å². The highest BCUT2D eigenvalue weighted by Crippen LogP contribution is 2.38. The highest BCUT2D eigenvalue weighted by atomic mass is 35.5. The Bertz CT molecular complexity index is 937. The summed E-state index contributed by atoms with van der Waals surface area (Å²) in [6.45, 7) is 7.57. The Labute approximate surface area is 216 Å². The van der Waals surface area contributed by atoms with Crippen molar-refractivity contribution in [2.24, 2.45) is 16.7 Å². The van der Waals surface area contributed by atoms with Crippen molar-refractivity contribution in [1.82, 2.24) is 26.0 Å². The number of nitrogens with zero attached hydrogens (tertiary/aromatic N) is 2. The number of nitrogens with one attached hydrogen (secondary N) is 3. The lowest BCUT2D eigenvalue weighted by Gasteiger charge is -2.38. The molecule has 1 unspecified atom stereocenters. The molecule has 2 rings (SSSR count). The maximum Gasteiger partial charge on any atom is 0.471 e. The zero-order valence-corrected chi connectivity index (χ0v) is 21.9. The SMILES string of the molecule is CC(C)(C)[C@H](NC(=O)C(F)(F)F)C(=O)N1CCC(C)(C)[C@H]1C(=O)NN(C[C@@H]1CCNC1=O)C(=O)C(F)Cl. The summed E-state index contributed by atoms with van der Waals surface area (Å²) in [6, 6.07) is -2.93. The predicted molar refractivity (Wildman–Crippen MR) is 123 cm³/mol. The first-order valence-electron chi connectivity index (χ1n) is 11.6. The molecular formula is C22H32ClF4N5O5. The second-order valence-corrected chi connectivity index (χ2v) is 11.3. The van der Waals surface area contributed by atoms with Crippen LogP contribution in [0.25, 0.3) is 0 Å². The number of likely N-dealkylation sites (tertiary alicyclic amines) is 1. The zero-order valence-electron chi connectivity index (χ0n) is 21.2. The fourth-order valence-electron chi connectivity index (χ4n) is 4.40. The molecule has 10 nitrogen and oxygen atoms in total. The summed E-state index contributed by atoms with van der Waals surface area (Å²) in [6.07, 6.45) is -4.65. The highest BCUT2D eigenvalue weighted by Gasteiger charge is 2.52. The first-order chi connectivity index (χ1) is 16.8. The van der Waals surface area contributed by atoms with E-state index in [0.29, 0.717) is 18.0 Å². The fraction of sp³-hybridized carbons (Fsp3) is 0.773. The van der Waals surface area contributed by atoms with Crippen LogP contribution < -0.4 is 16.1 Å². The molecule has 0 aliphatic carbocycles. The predicted octanol–water partition coefficient (Wildman–Crippen LogP) is 1.24. The number of carbonyl (C=O) groups is 5. The van der Waals surface area contributed by atoms with Gasteiger partial charge in [0.15, 0.2) is 0 Å². The summed E-state index contributed by atoms with van der Waals surface area (Å²) in [5, 5.41) is 4.86. The smallest absolute Gasteiger partial charge is 0.356 e.